The van der Waals surface area contributed by atoms with E-state index in [2.05, 4.69) is 0 Å². The van der Waals surface area contributed by atoms with Gasteiger partial charge in [0.2, 0.25) is 0 Å². The zero-order chi connectivity index (χ0) is 13.8. The van der Waals surface area contributed by atoms with E-state index in [9.17, 15) is 5.11 Å². The largest absolute Gasteiger partial charge is 0.508 e. The molecule has 19 heavy (non-hydrogen) atoms. The summed E-state index contributed by atoms with van der Waals surface area (Å²) in [6.07, 6.45) is 0. The summed E-state index contributed by atoms with van der Waals surface area (Å²) in [5.41, 5.74) is 2.08. The van der Waals surface area contributed by atoms with Crippen molar-refractivity contribution < 1.29 is 19.9 Å². The summed E-state index contributed by atoms with van der Waals surface area (Å²) in [5.74, 6) is 0.848. The Balaban J connectivity index is 2.06. The number of benzene rings is 2. The lowest BCUT2D eigenvalue weighted by Crippen LogP contribution is -2.31. The van der Waals surface area contributed by atoms with E-state index >= 15 is 0 Å². The highest BCUT2D eigenvalue weighted by Gasteiger charge is 2.13. The number of hydrogen-bond acceptors (Lipinski definition) is 4. The fraction of sp³-hybridized carbons (Fsp3) is 0.143. The molecule has 0 atom stereocenters. The van der Waals surface area contributed by atoms with Crippen molar-refractivity contribution in [2.75, 3.05) is 0 Å². The molecule has 2 aromatic rings. The van der Waals surface area contributed by atoms with E-state index in [1.807, 2.05) is 6.07 Å². The van der Waals surface area contributed by atoms with Crippen molar-refractivity contribution in [2.24, 2.45) is 0 Å². The molecule has 0 aliphatic heterocycles. The lowest BCUT2D eigenvalue weighted by molar-refractivity contribution is 0.305. The van der Waals surface area contributed by atoms with Gasteiger partial charge in [-0.25, -0.2) is 0 Å². The smallest absolute Gasteiger partial charge is 0.488 e. The van der Waals surface area contributed by atoms with E-state index in [0.29, 0.717) is 17.8 Å². The number of rotatable bonds is 4. The fourth-order valence-electron chi connectivity index (χ4n) is 1.84. The van der Waals surface area contributed by atoms with Gasteiger partial charge in [0.25, 0.3) is 0 Å². The molecule has 0 bridgehead atoms. The third-order valence-electron chi connectivity index (χ3n) is 2.84. The zero-order valence-corrected chi connectivity index (χ0v) is 10.6. The number of phenols is 1. The van der Waals surface area contributed by atoms with Crippen LogP contribution in [0.25, 0.3) is 0 Å². The normalized spacial score (nSPS) is 10.3. The van der Waals surface area contributed by atoms with Crippen LogP contribution in [0.1, 0.15) is 11.1 Å². The van der Waals surface area contributed by atoms with Crippen LogP contribution in [0.5, 0.6) is 11.5 Å². The third kappa shape index (κ3) is 3.50. The van der Waals surface area contributed by atoms with Crippen LogP contribution in [0.4, 0.5) is 0 Å². The molecule has 3 N–H and O–H groups in total. The molecule has 0 aromatic heterocycles. The predicted octanol–water partition coefficient (Wildman–Crippen LogP) is 0.959. The quantitative estimate of drug-likeness (QED) is 0.714. The minimum absolute atomic E-state index is 0.205. The molecule has 0 heterocycles. The highest BCUT2D eigenvalue weighted by molar-refractivity contribution is 6.59. The fourth-order valence-corrected chi connectivity index (χ4v) is 1.84. The second-order valence-electron chi connectivity index (χ2n) is 4.35. The molecule has 98 valence electrons. The molecule has 0 saturated carbocycles. The van der Waals surface area contributed by atoms with E-state index in [1.54, 1.807) is 43.3 Å². The molecule has 0 amide bonds. The van der Waals surface area contributed by atoms with Crippen LogP contribution in [-0.2, 0) is 6.61 Å². The van der Waals surface area contributed by atoms with Crippen molar-refractivity contribution in [3.63, 3.8) is 0 Å². The van der Waals surface area contributed by atoms with Gasteiger partial charge >= 0.3 is 7.12 Å². The van der Waals surface area contributed by atoms with Crippen molar-refractivity contribution in [1.29, 1.82) is 0 Å². The first-order chi connectivity index (χ1) is 9.06. The molecule has 0 unspecified atom stereocenters. The van der Waals surface area contributed by atoms with Crippen LogP contribution in [0.2, 0.25) is 0 Å². The highest BCUT2D eigenvalue weighted by atomic mass is 16.5. The maximum Gasteiger partial charge on any atom is 0.488 e. The molecule has 0 saturated heterocycles. The van der Waals surface area contributed by atoms with E-state index in [-0.39, 0.29) is 5.75 Å². The van der Waals surface area contributed by atoms with Crippen molar-refractivity contribution in [3.8, 4) is 11.5 Å². The first-order valence-corrected chi connectivity index (χ1v) is 5.93. The monoisotopic (exact) mass is 258 g/mol. The molecule has 2 rings (SSSR count). The molecule has 0 radical (unpaired) electrons. The average Bonchev–Trinajstić information content (AvgIpc) is 2.36. The Labute approximate surface area is 112 Å². The number of aryl methyl sites for hydroxylation is 1. The number of ether oxygens (including phenoxy) is 1. The molecule has 5 heteroatoms. The Bertz CT molecular complexity index is 569. The van der Waals surface area contributed by atoms with Crippen LogP contribution >= 0.6 is 0 Å². The van der Waals surface area contributed by atoms with Gasteiger partial charge in [0.1, 0.15) is 18.1 Å². The molecular weight excluding hydrogens is 243 g/mol. The van der Waals surface area contributed by atoms with Gasteiger partial charge in [0.05, 0.1) is 0 Å². The van der Waals surface area contributed by atoms with E-state index in [1.165, 1.54) is 0 Å². The number of hydrogen-bond donors (Lipinski definition) is 3. The van der Waals surface area contributed by atoms with E-state index < -0.39 is 7.12 Å². The molecule has 4 nitrogen and oxygen atoms in total. The van der Waals surface area contributed by atoms with Gasteiger partial charge in [0, 0.05) is 0 Å². The zero-order valence-electron chi connectivity index (χ0n) is 10.6. The van der Waals surface area contributed by atoms with Crippen LogP contribution < -0.4 is 10.2 Å². The highest BCUT2D eigenvalue weighted by Crippen LogP contribution is 2.16. The molecule has 0 fully saturated rings. The third-order valence-corrected chi connectivity index (χ3v) is 2.84. The van der Waals surface area contributed by atoms with Gasteiger partial charge in [-0.15, -0.1) is 0 Å². The van der Waals surface area contributed by atoms with Crippen molar-refractivity contribution in [1.82, 2.24) is 0 Å². The minimum Gasteiger partial charge on any atom is -0.508 e. The SMILES string of the molecule is Cc1cc(OCc2cccc(O)c2)ccc1B(O)O. The number of phenolic OH excluding ortho intramolecular Hbond substituents is 1. The van der Waals surface area contributed by atoms with Gasteiger partial charge in [-0.05, 0) is 47.8 Å². The molecular formula is C14H15BO4. The van der Waals surface area contributed by atoms with Crippen LogP contribution in [-0.4, -0.2) is 22.3 Å². The summed E-state index contributed by atoms with van der Waals surface area (Å²) in [4.78, 5) is 0. The lowest BCUT2D eigenvalue weighted by atomic mass is 9.77. The van der Waals surface area contributed by atoms with Crippen molar-refractivity contribution >= 4 is 12.6 Å². The van der Waals surface area contributed by atoms with Crippen LogP contribution in [0, 0.1) is 6.92 Å². The van der Waals surface area contributed by atoms with Crippen LogP contribution in [0.15, 0.2) is 42.5 Å². The molecule has 0 aliphatic rings. The molecule has 2 aromatic carbocycles. The summed E-state index contributed by atoms with van der Waals surface area (Å²) in [6.45, 7) is 2.13. The topological polar surface area (TPSA) is 69.9 Å². The summed E-state index contributed by atoms with van der Waals surface area (Å²) < 4.78 is 5.59. The Morgan fingerprint density at radius 3 is 2.53 bits per heavy atom. The van der Waals surface area contributed by atoms with Crippen LogP contribution in [0.3, 0.4) is 0 Å². The van der Waals surface area contributed by atoms with Gasteiger partial charge in [-0.1, -0.05) is 18.2 Å². The maximum atomic E-state index is 9.34. The second-order valence-corrected chi connectivity index (χ2v) is 4.35. The van der Waals surface area contributed by atoms with Gasteiger partial charge in [-0.2, -0.15) is 0 Å². The summed E-state index contributed by atoms with van der Waals surface area (Å²) >= 11 is 0. The van der Waals surface area contributed by atoms with Crippen molar-refractivity contribution in [3.05, 3.63) is 53.6 Å². The van der Waals surface area contributed by atoms with E-state index in [4.69, 9.17) is 14.8 Å². The molecule has 0 aliphatic carbocycles. The summed E-state index contributed by atoms with van der Waals surface area (Å²) in [6, 6.07) is 11.9. The van der Waals surface area contributed by atoms with Gasteiger partial charge in [-0.3, -0.25) is 0 Å². The summed E-state index contributed by atoms with van der Waals surface area (Å²) in [5, 5.41) is 27.6. The summed E-state index contributed by atoms with van der Waals surface area (Å²) in [7, 11) is -1.47. The predicted molar refractivity (Wildman–Crippen MR) is 73.4 cm³/mol. The Kier molecular flexibility index (Phi) is 4.09. The second kappa shape index (κ2) is 5.78. The Hall–Kier alpha value is -1.98. The van der Waals surface area contributed by atoms with Crippen molar-refractivity contribution in [2.45, 2.75) is 13.5 Å². The van der Waals surface area contributed by atoms with Gasteiger partial charge < -0.3 is 19.9 Å². The maximum absolute atomic E-state index is 9.34. The first kappa shape index (κ1) is 13.5. The van der Waals surface area contributed by atoms with Gasteiger partial charge in [0.15, 0.2) is 0 Å². The first-order valence-electron chi connectivity index (χ1n) is 5.93. The standard InChI is InChI=1S/C14H15BO4/c1-10-7-13(5-6-14(10)15(17)18)19-9-11-3-2-4-12(16)8-11/h2-8,16-18H,9H2,1H3. The van der Waals surface area contributed by atoms with E-state index in [0.717, 1.165) is 11.1 Å². The molecule has 0 spiro atoms. The Morgan fingerprint density at radius 2 is 1.89 bits per heavy atom. The Morgan fingerprint density at radius 1 is 1.11 bits per heavy atom. The lowest BCUT2D eigenvalue weighted by Gasteiger charge is -2.10. The number of aromatic hydroxyl groups is 1. The average molecular weight is 258 g/mol. The minimum atomic E-state index is -1.47.